The van der Waals surface area contributed by atoms with Gasteiger partial charge < -0.3 is 9.67 Å². The Morgan fingerprint density at radius 1 is 1.06 bits per heavy atom. The van der Waals surface area contributed by atoms with Crippen molar-refractivity contribution in [3.63, 3.8) is 0 Å². The third kappa shape index (κ3) is 4.42. The zero-order valence-electron chi connectivity index (χ0n) is 18.1. The molecule has 0 bridgehead atoms. The lowest BCUT2D eigenvalue weighted by Gasteiger charge is -2.16. The summed E-state index contributed by atoms with van der Waals surface area (Å²) in [6.07, 6.45) is 5.72. The summed E-state index contributed by atoms with van der Waals surface area (Å²) < 4.78 is 1.63. The second-order valence-corrected chi connectivity index (χ2v) is 8.87. The van der Waals surface area contributed by atoms with Crippen LogP contribution in [0.4, 0.5) is 0 Å². The highest BCUT2D eigenvalue weighted by Gasteiger charge is 2.26. The number of aliphatic imine (C=N–C) groups is 1. The van der Waals surface area contributed by atoms with Gasteiger partial charge in [-0.15, -0.1) is 9.24 Å². The molecule has 1 aromatic heterocycles. The molecule has 2 heterocycles. The van der Waals surface area contributed by atoms with E-state index in [1.54, 1.807) is 17.7 Å². The van der Waals surface area contributed by atoms with Gasteiger partial charge in [-0.3, -0.25) is 9.79 Å². The standard InChI is InChI=1S/C26H29N2O2P/c1-3-4-5-17-6-11-20-21(14-17)23-16-28(2)25(30)15-22(23)24(12-13-29)27-26(20)18-7-9-19(31)10-8-18/h6-11,14-16,24,29H,3-5,12-13,31H2,1-2H3/t24-/m0/s1. The van der Waals surface area contributed by atoms with E-state index in [0.717, 1.165) is 58.1 Å². The Hall–Kier alpha value is -2.55. The van der Waals surface area contributed by atoms with Crippen LogP contribution in [0.3, 0.4) is 0 Å². The van der Waals surface area contributed by atoms with Crippen LogP contribution in [0.15, 0.2) is 64.5 Å². The van der Waals surface area contributed by atoms with Gasteiger partial charge in [0, 0.05) is 42.6 Å². The number of aliphatic hydroxyl groups is 1. The SMILES string of the molecule is CCCCc1ccc2c(c1)-c1cn(C)c(=O)cc1[C@H](CCO)N=C2c1ccc(P)cc1. The molecular formula is C26H29N2O2P. The molecule has 2 aromatic carbocycles. The van der Waals surface area contributed by atoms with Crippen LogP contribution in [-0.2, 0) is 13.5 Å². The lowest BCUT2D eigenvalue weighted by atomic mass is 9.89. The summed E-state index contributed by atoms with van der Waals surface area (Å²) >= 11 is 0. The minimum absolute atomic E-state index is 0.0126. The molecule has 4 rings (SSSR count). The number of fused-ring (bicyclic) bond motifs is 3. The van der Waals surface area contributed by atoms with E-state index in [1.807, 2.05) is 6.20 Å². The van der Waals surface area contributed by atoms with Crippen molar-refractivity contribution in [3.8, 4) is 11.1 Å². The van der Waals surface area contributed by atoms with Gasteiger partial charge in [0.15, 0.2) is 0 Å². The summed E-state index contributed by atoms with van der Waals surface area (Å²) in [5, 5.41) is 10.9. The van der Waals surface area contributed by atoms with Crippen LogP contribution < -0.4 is 10.9 Å². The Bertz CT molecular complexity index is 1180. The molecule has 31 heavy (non-hydrogen) atoms. The first-order valence-electron chi connectivity index (χ1n) is 10.9. The second kappa shape index (κ2) is 9.30. The summed E-state index contributed by atoms with van der Waals surface area (Å²) in [4.78, 5) is 17.6. The normalized spacial score (nSPS) is 15.1. The zero-order valence-corrected chi connectivity index (χ0v) is 19.3. The van der Waals surface area contributed by atoms with Crippen molar-refractivity contribution < 1.29 is 5.11 Å². The Kier molecular flexibility index (Phi) is 6.50. The molecule has 3 aromatic rings. The van der Waals surface area contributed by atoms with Crippen molar-refractivity contribution in [3.05, 3.63) is 87.3 Å². The fraction of sp³-hybridized carbons (Fsp3) is 0.308. The van der Waals surface area contributed by atoms with Crippen LogP contribution in [0.25, 0.3) is 11.1 Å². The summed E-state index contributed by atoms with van der Waals surface area (Å²) in [5.74, 6) is 0. The number of rotatable bonds is 6. The average Bonchev–Trinajstić information content (AvgIpc) is 2.89. The first-order chi connectivity index (χ1) is 15.0. The predicted molar refractivity (Wildman–Crippen MR) is 132 cm³/mol. The number of pyridine rings is 1. The Morgan fingerprint density at radius 2 is 1.84 bits per heavy atom. The molecule has 4 nitrogen and oxygen atoms in total. The van der Waals surface area contributed by atoms with E-state index in [4.69, 9.17) is 4.99 Å². The lowest BCUT2D eigenvalue weighted by Crippen LogP contribution is -2.17. The predicted octanol–water partition coefficient (Wildman–Crippen LogP) is 4.17. The Balaban J connectivity index is 2.00. The van der Waals surface area contributed by atoms with Crippen molar-refractivity contribution in [2.45, 2.75) is 38.6 Å². The molecule has 5 heteroatoms. The third-order valence-electron chi connectivity index (χ3n) is 5.94. The third-order valence-corrected chi connectivity index (χ3v) is 6.32. The van der Waals surface area contributed by atoms with Crippen molar-refractivity contribution >= 4 is 20.3 Å². The molecule has 0 radical (unpaired) electrons. The van der Waals surface area contributed by atoms with Gasteiger partial charge in [-0.1, -0.05) is 55.8 Å². The number of unbranched alkanes of at least 4 members (excludes halogenated alkanes) is 1. The largest absolute Gasteiger partial charge is 0.396 e. The topological polar surface area (TPSA) is 54.6 Å². The van der Waals surface area contributed by atoms with Crippen LogP contribution in [0, 0.1) is 0 Å². The fourth-order valence-electron chi connectivity index (χ4n) is 4.21. The number of aryl methyl sites for hydroxylation is 2. The van der Waals surface area contributed by atoms with Crippen molar-refractivity contribution in [1.29, 1.82) is 0 Å². The molecule has 0 amide bonds. The molecule has 1 aliphatic rings. The quantitative estimate of drug-likeness (QED) is 0.595. The van der Waals surface area contributed by atoms with Crippen LogP contribution in [0.1, 0.15) is 54.5 Å². The minimum atomic E-state index is -0.272. The fourth-order valence-corrected chi connectivity index (χ4v) is 4.40. The van der Waals surface area contributed by atoms with E-state index >= 15 is 0 Å². The number of hydrogen-bond donors (Lipinski definition) is 1. The molecule has 0 fully saturated rings. The zero-order chi connectivity index (χ0) is 22.0. The van der Waals surface area contributed by atoms with Gasteiger partial charge in [0.25, 0.3) is 5.56 Å². The van der Waals surface area contributed by atoms with Crippen LogP contribution in [-0.4, -0.2) is 22.0 Å². The van der Waals surface area contributed by atoms with E-state index in [9.17, 15) is 9.90 Å². The van der Waals surface area contributed by atoms with Gasteiger partial charge in [0.05, 0.1) is 11.8 Å². The Morgan fingerprint density at radius 3 is 2.55 bits per heavy atom. The van der Waals surface area contributed by atoms with E-state index < -0.39 is 0 Å². The van der Waals surface area contributed by atoms with Crippen molar-refractivity contribution in [2.75, 3.05) is 6.61 Å². The highest BCUT2D eigenvalue weighted by molar-refractivity contribution is 7.27. The molecule has 0 saturated carbocycles. The van der Waals surface area contributed by atoms with E-state index in [2.05, 4.69) is 58.6 Å². The maximum Gasteiger partial charge on any atom is 0.250 e. The van der Waals surface area contributed by atoms with E-state index in [-0.39, 0.29) is 18.2 Å². The average molecular weight is 433 g/mol. The molecule has 0 aliphatic carbocycles. The maximum atomic E-state index is 12.5. The molecule has 2 atom stereocenters. The maximum absolute atomic E-state index is 12.5. The number of aliphatic hydroxyl groups excluding tert-OH is 1. The highest BCUT2D eigenvalue weighted by atomic mass is 31.0. The smallest absolute Gasteiger partial charge is 0.250 e. The minimum Gasteiger partial charge on any atom is -0.396 e. The van der Waals surface area contributed by atoms with Gasteiger partial charge in [-0.05, 0) is 41.3 Å². The van der Waals surface area contributed by atoms with Gasteiger partial charge in [-0.2, -0.15) is 0 Å². The molecule has 0 spiro atoms. The first kappa shape index (κ1) is 21.7. The second-order valence-electron chi connectivity index (χ2n) is 8.20. The molecule has 1 N–H and O–H groups in total. The van der Waals surface area contributed by atoms with Crippen LogP contribution in [0.2, 0.25) is 0 Å². The van der Waals surface area contributed by atoms with Gasteiger partial charge >= 0.3 is 0 Å². The summed E-state index contributed by atoms with van der Waals surface area (Å²) in [6, 6.07) is 16.3. The van der Waals surface area contributed by atoms with E-state index in [1.165, 1.54) is 5.56 Å². The summed E-state index contributed by atoms with van der Waals surface area (Å²) in [5.41, 5.74) is 7.27. The number of hydrogen-bond acceptors (Lipinski definition) is 3. The molecule has 160 valence electrons. The van der Waals surface area contributed by atoms with Gasteiger partial charge in [-0.25, -0.2) is 0 Å². The molecule has 1 unspecified atom stereocenters. The van der Waals surface area contributed by atoms with E-state index in [0.29, 0.717) is 6.42 Å². The van der Waals surface area contributed by atoms with Crippen molar-refractivity contribution in [2.24, 2.45) is 12.0 Å². The monoisotopic (exact) mass is 432 g/mol. The lowest BCUT2D eigenvalue weighted by molar-refractivity contribution is 0.277. The summed E-state index contributed by atoms with van der Waals surface area (Å²) in [7, 11) is 4.50. The number of aromatic nitrogens is 1. The Labute approximate surface area is 185 Å². The number of benzene rings is 2. The molecular weight excluding hydrogens is 403 g/mol. The first-order valence-corrected chi connectivity index (χ1v) is 11.5. The van der Waals surface area contributed by atoms with Crippen molar-refractivity contribution in [1.82, 2.24) is 4.57 Å². The summed E-state index contributed by atoms with van der Waals surface area (Å²) in [6.45, 7) is 2.22. The molecule has 0 saturated heterocycles. The van der Waals surface area contributed by atoms with Gasteiger partial charge in [0.1, 0.15) is 0 Å². The van der Waals surface area contributed by atoms with Crippen LogP contribution >= 0.6 is 9.24 Å². The van der Waals surface area contributed by atoms with Crippen LogP contribution in [0.5, 0.6) is 0 Å². The molecule has 1 aliphatic heterocycles. The highest BCUT2D eigenvalue weighted by Crippen LogP contribution is 2.38. The number of nitrogens with zero attached hydrogens (tertiary/aromatic N) is 2. The van der Waals surface area contributed by atoms with Gasteiger partial charge in [0.2, 0.25) is 0 Å².